The minimum absolute atomic E-state index is 0.265. The van der Waals surface area contributed by atoms with Gasteiger partial charge in [-0.05, 0) is 59.0 Å². The van der Waals surface area contributed by atoms with Crippen LogP contribution in [-0.4, -0.2) is 11.1 Å². The number of hydrogen-bond donors (Lipinski definition) is 1. The summed E-state index contributed by atoms with van der Waals surface area (Å²) in [7, 11) is 0. The van der Waals surface area contributed by atoms with Crippen molar-refractivity contribution in [2.45, 2.75) is 0 Å². The second-order valence-corrected chi connectivity index (χ2v) is 6.00. The topological polar surface area (TPSA) is 37.3 Å². The number of hydrogen-bond acceptors (Lipinski definition) is 2. The van der Waals surface area contributed by atoms with Gasteiger partial charge in [-0.15, -0.1) is 11.3 Å². The molecular formula is C21H14O2S. The lowest BCUT2D eigenvalue weighted by atomic mass is 10.1. The summed E-state index contributed by atoms with van der Waals surface area (Å²) < 4.78 is 0. The van der Waals surface area contributed by atoms with Crippen LogP contribution < -0.4 is 0 Å². The summed E-state index contributed by atoms with van der Waals surface area (Å²) in [5.74, 6) is 5.07. The average Bonchev–Trinajstić information content (AvgIpc) is 3.14. The van der Waals surface area contributed by atoms with Crippen molar-refractivity contribution < 1.29 is 9.90 Å². The van der Waals surface area contributed by atoms with E-state index in [9.17, 15) is 4.79 Å². The minimum atomic E-state index is -0.931. The number of benzene rings is 2. The molecule has 0 amide bonds. The molecule has 0 aliphatic heterocycles. The van der Waals surface area contributed by atoms with E-state index in [1.165, 1.54) is 10.4 Å². The summed E-state index contributed by atoms with van der Waals surface area (Å²) in [4.78, 5) is 12.0. The summed E-state index contributed by atoms with van der Waals surface area (Å²) in [5, 5.41) is 10.9. The first-order chi connectivity index (χ1) is 11.7. The normalized spacial score (nSPS) is 10.3. The number of allylic oxidation sites excluding steroid dienone is 1. The van der Waals surface area contributed by atoms with Gasteiger partial charge in [-0.3, -0.25) is 0 Å². The first-order valence-electron chi connectivity index (χ1n) is 7.38. The predicted octanol–water partition coefficient (Wildman–Crippen LogP) is 5.18. The van der Waals surface area contributed by atoms with Crippen LogP contribution >= 0.6 is 11.3 Å². The summed E-state index contributed by atoms with van der Waals surface area (Å²) in [6.07, 6.45) is 3.81. The minimum Gasteiger partial charge on any atom is -0.478 e. The fourth-order valence-corrected chi connectivity index (χ4v) is 3.02. The molecule has 0 aliphatic rings. The average molecular weight is 330 g/mol. The fourth-order valence-electron chi connectivity index (χ4n) is 2.25. The Balaban J connectivity index is 1.77. The van der Waals surface area contributed by atoms with E-state index in [0.717, 1.165) is 11.1 Å². The third kappa shape index (κ3) is 3.81. The molecular weight excluding hydrogens is 316 g/mol. The number of carboxylic acids is 1. The molecule has 0 atom stereocenters. The van der Waals surface area contributed by atoms with Gasteiger partial charge < -0.3 is 5.11 Å². The molecule has 0 bridgehead atoms. The van der Waals surface area contributed by atoms with Gasteiger partial charge in [0.25, 0.3) is 0 Å². The van der Waals surface area contributed by atoms with Crippen LogP contribution in [0.1, 0.15) is 21.5 Å². The van der Waals surface area contributed by atoms with Crippen molar-refractivity contribution in [3.05, 3.63) is 88.8 Å². The number of carboxylic acid groups (broad SMARTS) is 1. The highest BCUT2D eigenvalue weighted by atomic mass is 32.1. The van der Waals surface area contributed by atoms with Gasteiger partial charge in [0.15, 0.2) is 0 Å². The molecule has 1 N–H and O–H groups in total. The maximum Gasteiger partial charge on any atom is 0.335 e. The van der Waals surface area contributed by atoms with Gasteiger partial charge in [0.05, 0.1) is 5.56 Å². The maximum absolute atomic E-state index is 10.8. The zero-order valence-corrected chi connectivity index (χ0v) is 13.6. The van der Waals surface area contributed by atoms with Crippen LogP contribution in [0.25, 0.3) is 16.5 Å². The molecule has 116 valence electrons. The summed E-state index contributed by atoms with van der Waals surface area (Å²) in [6, 6.07) is 18.9. The Labute approximate surface area is 144 Å². The molecule has 0 fully saturated rings. The Morgan fingerprint density at radius 2 is 1.79 bits per heavy atom. The highest BCUT2D eigenvalue weighted by Crippen LogP contribution is 2.28. The van der Waals surface area contributed by atoms with Crippen molar-refractivity contribution in [3.8, 4) is 22.3 Å². The third-order valence-corrected chi connectivity index (χ3v) is 4.35. The standard InChI is InChI=1S/C21H14O2S/c22-21(23)18-13-11-16(12-14-18)6-1-2-7-17-8-3-4-9-19(17)20-10-5-15-24-20/h2-5,7-15H,(H,22,23)/b7-2+. The van der Waals surface area contributed by atoms with Crippen molar-refractivity contribution >= 4 is 23.4 Å². The molecule has 3 aromatic rings. The lowest BCUT2D eigenvalue weighted by Crippen LogP contribution is -1.94. The number of rotatable bonds is 3. The van der Waals surface area contributed by atoms with Crippen molar-refractivity contribution in [2.24, 2.45) is 0 Å². The first-order valence-corrected chi connectivity index (χ1v) is 8.26. The van der Waals surface area contributed by atoms with Crippen molar-refractivity contribution in [1.82, 2.24) is 0 Å². The zero-order valence-electron chi connectivity index (χ0n) is 12.8. The van der Waals surface area contributed by atoms with E-state index < -0.39 is 5.97 Å². The fraction of sp³-hybridized carbons (Fsp3) is 0. The van der Waals surface area contributed by atoms with Crippen LogP contribution in [0.5, 0.6) is 0 Å². The summed E-state index contributed by atoms with van der Waals surface area (Å²) in [5.41, 5.74) is 3.36. The van der Waals surface area contributed by atoms with Crippen LogP contribution in [0, 0.1) is 11.8 Å². The Hall–Kier alpha value is -3.09. The lowest BCUT2D eigenvalue weighted by Gasteiger charge is -2.02. The number of thiophene rings is 1. The van der Waals surface area contributed by atoms with Gasteiger partial charge in [0.1, 0.15) is 0 Å². The molecule has 0 saturated carbocycles. The van der Waals surface area contributed by atoms with E-state index >= 15 is 0 Å². The van der Waals surface area contributed by atoms with Gasteiger partial charge in [-0.2, -0.15) is 0 Å². The van der Waals surface area contributed by atoms with Crippen molar-refractivity contribution in [1.29, 1.82) is 0 Å². The van der Waals surface area contributed by atoms with E-state index in [0.29, 0.717) is 0 Å². The van der Waals surface area contributed by atoms with Crippen molar-refractivity contribution in [3.63, 3.8) is 0 Å². The Kier molecular flexibility index (Phi) is 4.90. The lowest BCUT2D eigenvalue weighted by molar-refractivity contribution is 0.0697. The molecule has 0 radical (unpaired) electrons. The van der Waals surface area contributed by atoms with Crippen LogP contribution in [0.15, 0.2) is 72.1 Å². The van der Waals surface area contributed by atoms with E-state index in [-0.39, 0.29) is 5.56 Å². The van der Waals surface area contributed by atoms with Gasteiger partial charge in [-0.1, -0.05) is 42.2 Å². The predicted molar refractivity (Wildman–Crippen MR) is 99.1 cm³/mol. The van der Waals surface area contributed by atoms with E-state index in [1.54, 1.807) is 35.6 Å². The van der Waals surface area contributed by atoms with Crippen LogP contribution in [0.2, 0.25) is 0 Å². The van der Waals surface area contributed by atoms with Crippen LogP contribution in [-0.2, 0) is 0 Å². The largest absolute Gasteiger partial charge is 0.478 e. The Bertz CT molecular complexity index is 924. The molecule has 0 saturated heterocycles. The molecule has 0 spiro atoms. The molecule has 24 heavy (non-hydrogen) atoms. The Morgan fingerprint density at radius 3 is 2.50 bits per heavy atom. The maximum atomic E-state index is 10.8. The van der Waals surface area contributed by atoms with Gasteiger partial charge >= 0.3 is 5.97 Å². The monoisotopic (exact) mass is 330 g/mol. The molecule has 1 heterocycles. The molecule has 0 aliphatic carbocycles. The number of aromatic carboxylic acids is 1. The van der Waals surface area contributed by atoms with Crippen LogP contribution in [0.4, 0.5) is 0 Å². The third-order valence-electron chi connectivity index (χ3n) is 3.44. The molecule has 1 aromatic heterocycles. The molecule has 0 unspecified atom stereocenters. The Morgan fingerprint density at radius 1 is 1.00 bits per heavy atom. The summed E-state index contributed by atoms with van der Waals surface area (Å²) >= 11 is 1.71. The SMILES string of the molecule is O=C(O)c1ccc(C#C/C=C/c2ccccc2-c2cccs2)cc1. The van der Waals surface area contributed by atoms with Gasteiger partial charge in [-0.25, -0.2) is 4.79 Å². The molecule has 3 heteroatoms. The quantitative estimate of drug-likeness (QED) is 0.672. The second-order valence-electron chi connectivity index (χ2n) is 5.05. The van der Waals surface area contributed by atoms with E-state index in [2.05, 4.69) is 35.4 Å². The smallest absolute Gasteiger partial charge is 0.335 e. The highest BCUT2D eigenvalue weighted by molar-refractivity contribution is 7.13. The molecule has 3 rings (SSSR count). The summed E-state index contributed by atoms with van der Waals surface area (Å²) in [6.45, 7) is 0. The molecule has 2 aromatic carbocycles. The number of carbonyl (C=O) groups is 1. The van der Waals surface area contributed by atoms with E-state index in [1.807, 2.05) is 30.4 Å². The van der Waals surface area contributed by atoms with E-state index in [4.69, 9.17) is 5.11 Å². The first kappa shape index (κ1) is 15.8. The molecule has 2 nitrogen and oxygen atoms in total. The highest BCUT2D eigenvalue weighted by Gasteiger charge is 2.02. The zero-order chi connectivity index (χ0) is 16.8. The second kappa shape index (κ2) is 7.45. The van der Waals surface area contributed by atoms with Gasteiger partial charge in [0.2, 0.25) is 0 Å². The van der Waals surface area contributed by atoms with Crippen LogP contribution in [0.3, 0.4) is 0 Å². The van der Waals surface area contributed by atoms with Crippen molar-refractivity contribution in [2.75, 3.05) is 0 Å². The van der Waals surface area contributed by atoms with Gasteiger partial charge in [0, 0.05) is 10.4 Å².